The SMILES string of the molecule is COc1cc(-c2ccc(OCCCN)c(C(=O)N[C@@H](CO)Cc3c[nH]c4ccccc34)c2)cc(OC)c1OC. The third kappa shape index (κ3) is 6.27. The van der Waals surface area contributed by atoms with Crippen LogP contribution in [0.5, 0.6) is 23.0 Å². The van der Waals surface area contributed by atoms with E-state index in [1.54, 1.807) is 33.5 Å². The number of rotatable bonds is 13. The molecule has 0 radical (unpaired) electrons. The second-order valence-electron chi connectivity index (χ2n) is 9.03. The molecule has 0 spiro atoms. The number of H-pyrrole nitrogens is 1. The van der Waals surface area contributed by atoms with Crippen LogP contribution < -0.4 is 30.0 Å². The van der Waals surface area contributed by atoms with Gasteiger partial charge in [0.25, 0.3) is 5.91 Å². The number of aromatic nitrogens is 1. The molecule has 1 atom stereocenters. The smallest absolute Gasteiger partial charge is 0.255 e. The maximum Gasteiger partial charge on any atom is 0.255 e. The number of nitrogens with one attached hydrogen (secondary N) is 2. The zero-order valence-corrected chi connectivity index (χ0v) is 22.5. The van der Waals surface area contributed by atoms with E-state index in [-0.39, 0.29) is 12.5 Å². The van der Waals surface area contributed by atoms with Crippen molar-refractivity contribution in [2.45, 2.75) is 18.9 Å². The van der Waals surface area contributed by atoms with Crippen LogP contribution in [0.25, 0.3) is 22.0 Å². The lowest BCUT2D eigenvalue weighted by Gasteiger charge is -2.19. The third-order valence-electron chi connectivity index (χ3n) is 6.53. The monoisotopic (exact) mass is 533 g/mol. The number of aliphatic hydroxyl groups is 1. The summed E-state index contributed by atoms with van der Waals surface area (Å²) >= 11 is 0. The number of aromatic amines is 1. The average molecular weight is 534 g/mol. The number of para-hydroxylation sites is 1. The number of carbonyl (C=O) groups excluding carboxylic acids is 1. The Morgan fingerprint density at radius 1 is 0.974 bits per heavy atom. The van der Waals surface area contributed by atoms with Crippen molar-refractivity contribution in [1.82, 2.24) is 10.3 Å². The van der Waals surface area contributed by atoms with Crippen LogP contribution in [0.4, 0.5) is 0 Å². The van der Waals surface area contributed by atoms with Gasteiger partial charge in [-0.15, -0.1) is 0 Å². The van der Waals surface area contributed by atoms with Gasteiger partial charge >= 0.3 is 0 Å². The lowest BCUT2D eigenvalue weighted by atomic mass is 10.00. The minimum Gasteiger partial charge on any atom is -0.493 e. The van der Waals surface area contributed by atoms with Gasteiger partial charge in [-0.25, -0.2) is 0 Å². The lowest BCUT2D eigenvalue weighted by Crippen LogP contribution is -2.39. The van der Waals surface area contributed by atoms with E-state index in [4.69, 9.17) is 24.7 Å². The largest absolute Gasteiger partial charge is 0.493 e. The highest BCUT2D eigenvalue weighted by atomic mass is 16.5. The highest BCUT2D eigenvalue weighted by molar-refractivity contribution is 5.98. The molecule has 4 rings (SSSR count). The van der Waals surface area contributed by atoms with Crippen LogP contribution >= 0.6 is 0 Å². The summed E-state index contributed by atoms with van der Waals surface area (Å²) in [5.74, 6) is 1.55. The summed E-state index contributed by atoms with van der Waals surface area (Å²) in [6.45, 7) is 0.627. The predicted octanol–water partition coefficient (Wildman–Crippen LogP) is 3.92. The third-order valence-corrected chi connectivity index (χ3v) is 6.53. The van der Waals surface area contributed by atoms with Gasteiger partial charge in [-0.2, -0.15) is 0 Å². The first kappa shape index (κ1) is 27.8. The molecule has 0 aliphatic carbocycles. The topological polar surface area (TPSA) is 128 Å². The van der Waals surface area contributed by atoms with Gasteiger partial charge in [-0.3, -0.25) is 4.79 Å². The number of amides is 1. The number of methoxy groups -OCH3 is 3. The first-order valence-electron chi connectivity index (χ1n) is 12.8. The number of benzene rings is 3. The van der Waals surface area contributed by atoms with Gasteiger partial charge in [-0.05, 0) is 66.4 Å². The lowest BCUT2D eigenvalue weighted by molar-refractivity contribution is 0.0912. The van der Waals surface area contributed by atoms with Crippen LogP contribution in [0.2, 0.25) is 0 Å². The number of nitrogens with two attached hydrogens (primary N) is 1. The Labute approximate surface area is 227 Å². The molecule has 206 valence electrons. The number of ether oxygens (including phenoxy) is 4. The van der Waals surface area contributed by atoms with Gasteiger partial charge in [0.15, 0.2) is 11.5 Å². The molecule has 0 fully saturated rings. The Morgan fingerprint density at radius 2 is 1.72 bits per heavy atom. The van der Waals surface area contributed by atoms with Crippen LogP contribution in [0.1, 0.15) is 22.3 Å². The molecule has 4 aromatic rings. The van der Waals surface area contributed by atoms with E-state index in [0.717, 1.165) is 27.6 Å². The first-order valence-corrected chi connectivity index (χ1v) is 12.8. The van der Waals surface area contributed by atoms with Gasteiger partial charge < -0.3 is 40.1 Å². The van der Waals surface area contributed by atoms with Gasteiger partial charge in [0.05, 0.1) is 46.1 Å². The molecule has 0 aliphatic rings. The van der Waals surface area contributed by atoms with E-state index in [0.29, 0.717) is 54.6 Å². The van der Waals surface area contributed by atoms with Crippen molar-refractivity contribution < 1.29 is 28.8 Å². The maximum atomic E-state index is 13.6. The Bertz CT molecular complexity index is 1390. The van der Waals surface area contributed by atoms with E-state index >= 15 is 0 Å². The Morgan fingerprint density at radius 3 is 2.38 bits per heavy atom. The van der Waals surface area contributed by atoms with Gasteiger partial charge in [-0.1, -0.05) is 24.3 Å². The van der Waals surface area contributed by atoms with Crippen molar-refractivity contribution in [1.29, 1.82) is 0 Å². The molecule has 1 aromatic heterocycles. The standard InChI is InChI=1S/C30H35N3O6/c1-36-27-15-20(16-28(37-2)29(27)38-3)19-9-10-26(39-12-6-11-31)24(14-19)30(35)33-22(18-34)13-21-17-32-25-8-5-4-7-23(21)25/h4-5,7-10,14-17,22,32,34H,6,11-13,18,31H2,1-3H3,(H,33,35)/t22-/m1/s1. The van der Waals surface area contributed by atoms with Gasteiger partial charge in [0.1, 0.15) is 5.75 Å². The average Bonchev–Trinajstić information content (AvgIpc) is 3.38. The molecule has 0 unspecified atom stereocenters. The molecule has 1 heterocycles. The van der Waals surface area contributed by atoms with E-state index in [1.807, 2.05) is 48.7 Å². The predicted molar refractivity (Wildman–Crippen MR) is 151 cm³/mol. The van der Waals surface area contributed by atoms with Crippen molar-refractivity contribution in [2.75, 3.05) is 41.1 Å². The summed E-state index contributed by atoms with van der Waals surface area (Å²) in [5, 5.41) is 14.2. The van der Waals surface area contributed by atoms with E-state index in [2.05, 4.69) is 10.3 Å². The van der Waals surface area contributed by atoms with Gasteiger partial charge in [0, 0.05) is 17.1 Å². The van der Waals surface area contributed by atoms with Crippen molar-refractivity contribution in [3.63, 3.8) is 0 Å². The first-order chi connectivity index (χ1) is 19.0. The minimum absolute atomic E-state index is 0.221. The Kier molecular flexibility index (Phi) is 9.30. The van der Waals surface area contributed by atoms with E-state index < -0.39 is 6.04 Å². The fourth-order valence-electron chi connectivity index (χ4n) is 4.52. The summed E-state index contributed by atoms with van der Waals surface area (Å²) in [7, 11) is 4.65. The van der Waals surface area contributed by atoms with Gasteiger partial charge in [0.2, 0.25) is 5.75 Å². The highest BCUT2D eigenvalue weighted by Gasteiger charge is 2.21. The molecule has 0 bridgehead atoms. The molecular weight excluding hydrogens is 498 g/mol. The fraction of sp³-hybridized carbons (Fsp3) is 0.300. The van der Waals surface area contributed by atoms with Crippen molar-refractivity contribution in [2.24, 2.45) is 5.73 Å². The zero-order valence-electron chi connectivity index (χ0n) is 22.5. The second kappa shape index (κ2) is 13.0. The van der Waals surface area contributed by atoms with E-state index in [1.165, 1.54) is 0 Å². The Balaban J connectivity index is 1.65. The fourth-order valence-corrected chi connectivity index (χ4v) is 4.52. The maximum absolute atomic E-state index is 13.6. The van der Waals surface area contributed by atoms with Crippen LogP contribution in [-0.2, 0) is 6.42 Å². The molecule has 1 amide bonds. The van der Waals surface area contributed by atoms with Crippen molar-refractivity contribution >= 4 is 16.8 Å². The normalized spacial score (nSPS) is 11.7. The molecule has 0 aliphatic heterocycles. The highest BCUT2D eigenvalue weighted by Crippen LogP contribution is 2.41. The molecule has 5 N–H and O–H groups in total. The molecule has 9 heteroatoms. The number of aliphatic hydroxyl groups excluding tert-OH is 1. The van der Waals surface area contributed by atoms with Crippen LogP contribution in [0.3, 0.4) is 0 Å². The number of hydrogen-bond donors (Lipinski definition) is 4. The van der Waals surface area contributed by atoms with Crippen LogP contribution in [-0.4, -0.2) is 63.1 Å². The number of hydrogen-bond acceptors (Lipinski definition) is 7. The molecule has 0 saturated carbocycles. The molecule has 9 nitrogen and oxygen atoms in total. The molecular formula is C30H35N3O6. The van der Waals surface area contributed by atoms with Crippen molar-refractivity contribution in [3.05, 3.63) is 71.9 Å². The quantitative estimate of drug-likeness (QED) is 0.192. The zero-order chi connectivity index (χ0) is 27.8. The molecule has 39 heavy (non-hydrogen) atoms. The summed E-state index contributed by atoms with van der Waals surface area (Å²) in [4.78, 5) is 16.8. The van der Waals surface area contributed by atoms with E-state index in [9.17, 15) is 9.90 Å². The number of fused-ring (bicyclic) bond motifs is 1. The summed E-state index contributed by atoms with van der Waals surface area (Å²) in [6.07, 6.45) is 3.02. The van der Waals surface area contributed by atoms with Crippen LogP contribution in [0.15, 0.2) is 60.8 Å². The molecule has 0 saturated heterocycles. The number of carbonyl (C=O) groups is 1. The Hall–Kier alpha value is -4.21. The minimum atomic E-state index is -0.501. The summed E-state index contributed by atoms with van der Waals surface area (Å²) < 4.78 is 22.4. The summed E-state index contributed by atoms with van der Waals surface area (Å²) in [6, 6.07) is 16.5. The summed E-state index contributed by atoms with van der Waals surface area (Å²) in [5.41, 5.74) is 9.51. The second-order valence-corrected chi connectivity index (χ2v) is 9.03. The van der Waals surface area contributed by atoms with Crippen LogP contribution in [0, 0.1) is 0 Å². The van der Waals surface area contributed by atoms with Crippen molar-refractivity contribution in [3.8, 4) is 34.1 Å². The molecule has 3 aromatic carbocycles.